The SMILES string of the molecule is Cc1ccsc1[C@@H]1CCN(C(=O)c2c(C)nc3ncccn23)C[C@H]1O. The number of imidazole rings is 1. The summed E-state index contributed by atoms with van der Waals surface area (Å²) in [5.41, 5.74) is 2.41. The Labute approximate surface area is 149 Å². The standard InChI is InChI=1S/C18H20N4O2S/c1-11-5-9-25-16(11)13-4-8-21(10-14(13)23)17(24)15-12(2)20-18-19-6-3-7-22(15)18/h3,5-7,9,13-14,23H,4,8,10H2,1-2H3/t13-,14-/m1/s1. The highest BCUT2D eigenvalue weighted by Gasteiger charge is 2.34. The lowest BCUT2D eigenvalue weighted by atomic mass is 9.90. The molecule has 0 aromatic carbocycles. The molecule has 0 bridgehead atoms. The third kappa shape index (κ3) is 2.73. The van der Waals surface area contributed by atoms with Crippen molar-refractivity contribution < 1.29 is 9.90 Å². The number of aliphatic hydroxyl groups is 1. The van der Waals surface area contributed by atoms with E-state index in [1.807, 2.05) is 6.92 Å². The first-order valence-electron chi connectivity index (χ1n) is 8.37. The number of hydrogen-bond donors (Lipinski definition) is 1. The molecule has 0 radical (unpaired) electrons. The molecule has 0 saturated carbocycles. The number of carbonyl (C=O) groups excluding carboxylic acids is 1. The number of thiophene rings is 1. The molecule has 1 fully saturated rings. The van der Waals surface area contributed by atoms with E-state index in [-0.39, 0.29) is 11.8 Å². The van der Waals surface area contributed by atoms with E-state index in [1.54, 1.807) is 39.1 Å². The summed E-state index contributed by atoms with van der Waals surface area (Å²) in [5, 5.41) is 12.7. The van der Waals surface area contributed by atoms with Crippen LogP contribution in [-0.4, -0.2) is 49.5 Å². The van der Waals surface area contributed by atoms with E-state index in [1.165, 1.54) is 10.4 Å². The van der Waals surface area contributed by atoms with E-state index in [4.69, 9.17) is 0 Å². The molecule has 3 aromatic rings. The second-order valence-electron chi connectivity index (χ2n) is 6.52. The molecule has 1 amide bonds. The lowest BCUT2D eigenvalue weighted by molar-refractivity contribution is 0.0381. The van der Waals surface area contributed by atoms with Gasteiger partial charge in [0.1, 0.15) is 5.69 Å². The minimum absolute atomic E-state index is 0.0987. The number of aromatic nitrogens is 3. The average Bonchev–Trinajstić information content (AvgIpc) is 3.16. The fourth-order valence-corrected chi connectivity index (χ4v) is 4.71. The third-order valence-corrected chi connectivity index (χ3v) is 6.04. The van der Waals surface area contributed by atoms with Gasteiger partial charge in [0.15, 0.2) is 0 Å². The minimum Gasteiger partial charge on any atom is -0.391 e. The molecular formula is C18H20N4O2S. The highest BCUT2D eigenvalue weighted by Crippen LogP contribution is 2.34. The van der Waals surface area contributed by atoms with Crippen LogP contribution in [0.15, 0.2) is 29.9 Å². The van der Waals surface area contributed by atoms with Gasteiger partial charge in [0.25, 0.3) is 5.91 Å². The summed E-state index contributed by atoms with van der Waals surface area (Å²) < 4.78 is 1.72. The maximum Gasteiger partial charge on any atom is 0.272 e. The molecule has 6 nitrogen and oxygen atoms in total. The number of piperidine rings is 1. The van der Waals surface area contributed by atoms with Crippen molar-refractivity contribution in [3.63, 3.8) is 0 Å². The van der Waals surface area contributed by atoms with Gasteiger partial charge in [-0.05, 0) is 43.3 Å². The van der Waals surface area contributed by atoms with Crippen molar-refractivity contribution in [2.24, 2.45) is 0 Å². The second-order valence-corrected chi connectivity index (χ2v) is 7.46. The Morgan fingerprint density at radius 3 is 2.96 bits per heavy atom. The van der Waals surface area contributed by atoms with Crippen LogP contribution in [0.25, 0.3) is 5.78 Å². The number of hydrogen-bond acceptors (Lipinski definition) is 5. The van der Waals surface area contributed by atoms with E-state index in [0.29, 0.717) is 30.3 Å². The van der Waals surface area contributed by atoms with E-state index in [9.17, 15) is 9.90 Å². The topological polar surface area (TPSA) is 70.7 Å². The zero-order chi connectivity index (χ0) is 17.6. The molecule has 0 unspecified atom stereocenters. The monoisotopic (exact) mass is 356 g/mol. The number of aliphatic hydroxyl groups excluding tert-OH is 1. The Morgan fingerprint density at radius 1 is 1.40 bits per heavy atom. The Morgan fingerprint density at radius 2 is 2.24 bits per heavy atom. The first kappa shape index (κ1) is 16.2. The number of nitrogens with zero attached hydrogens (tertiary/aromatic N) is 4. The van der Waals surface area contributed by atoms with Gasteiger partial charge >= 0.3 is 0 Å². The van der Waals surface area contributed by atoms with Crippen LogP contribution in [0, 0.1) is 13.8 Å². The molecule has 3 aromatic heterocycles. The van der Waals surface area contributed by atoms with Gasteiger partial charge in [-0.25, -0.2) is 9.97 Å². The number of β-amino-alcohol motifs (C(OH)–C–C–N with tert-alkyl or cyclic N) is 1. The highest BCUT2D eigenvalue weighted by atomic mass is 32.1. The zero-order valence-electron chi connectivity index (χ0n) is 14.2. The van der Waals surface area contributed by atoms with Crippen LogP contribution < -0.4 is 0 Å². The van der Waals surface area contributed by atoms with Crippen molar-refractivity contribution in [1.82, 2.24) is 19.3 Å². The summed E-state index contributed by atoms with van der Waals surface area (Å²) in [7, 11) is 0. The summed E-state index contributed by atoms with van der Waals surface area (Å²) in [4.78, 5) is 24.5. The summed E-state index contributed by atoms with van der Waals surface area (Å²) in [6.07, 6.45) is 3.68. The average molecular weight is 356 g/mol. The molecule has 0 aliphatic carbocycles. The van der Waals surface area contributed by atoms with Gasteiger partial charge in [0.05, 0.1) is 11.8 Å². The van der Waals surface area contributed by atoms with Crippen molar-refractivity contribution in [1.29, 1.82) is 0 Å². The van der Waals surface area contributed by atoms with Crippen LogP contribution >= 0.6 is 11.3 Å². The molecule has 4 rings (SSSR count). The fraction of sp³-hybridized carbons (Fsp3) is 0.389. The molecule has 0 spiro atoms. The van der Waals surface area contributed by atoms with Gasteiger partial charge in [-0.3, -0.25) is 9.20 Å². The summed E-state index contributed by atoms with van der Waals surface area (Å²) in [5.74, 6) is 0.528. The largest absolute Gasteiger partial charge is 0.391 e. The van der Waals surface area contributed by atoms with Gasteiger partial charge in [-0.2, -0.15) is 0 Å². The molecule has 2 atom stereocenters. The lowest BCUT2D eigenvalue weighted by Crippen LogP contribution is -2.46. The van der Waals surface area contributed by atoms with Crippen molar-refractivity contribution in [3.8, 4) is 0 Å². The predicted molar refractivity (Wildman–Crippen MR) is 96.0 cm³/mol. The molecule has 130 valence electrons. The van der Waals surface area contributed by atoms with Crippen LogP contribution in [0.5, 0.6) is 0 Å². The van der Waals surface area contributed by atoms with Gasteiger partial charge in [0.2, 0.25) is 5.78 Å². The van der Waals surface area contributed by atoms with Crippen molar-refractivity contribution in [3.05, 3.63) is 51.7 Å². The minimum atomic E-state index is -0.548. The van der Waals surface area contributed by atoms with E-state index < -0.39 is 6.10 Å². The molecule has 1 aliphatic rings. The van der Waals surface area contributed by atoms with Crippen molar-refractivity contribution in [2.45, 2.75) is 32.3 Å². The van der Waals surface area contributed by atoms with Gasteiger partial charge < -0.3 is 10.0 Å². The number of aryl methyl sites for hydroxylation is 2. The molecule has 1 N–H and O–H groups in total. The Kier molecular flexibility index (Phi) is 4.05. The number of rotatable bonds is 2. The van der Waals surface area contributed by atoms with E-state index >= 15 is 0 Å². The quantitative estimate of drug-likeness (QED) is 0.765. The second kappa shape index (κ2) is 6.24. The first-order valence-corrected chi connectivity index (χ1v) is 9.25. The lowest BCUT2D eigenvalue weighted by Gasteiger charge is -2.36. The third-order valence-electron chi connectivity index (χ3n) is 4.89. The summed E-state index contributed by atoms with van der Waals surface area (Å²) in [6, 6.07) is 3.87. The molecular weight excluding hydrogens is 336 g/mol. The van der Waals surface area contributed by atoms with Crippen LogP contribution in [-0.2, 0) is 0 Å². The maximum absolute atomic E-state index is 13.0. The Hall–Kier alpha value is -2.25. The Balaban J connectivity index is 1.58. The molecule has 1 saturated heterocycles. The number of carbonyl (C=O) groups is 1. The van der Waals surface area contributed by atoms with Crippen LogP contribution in [0.3, 0.4) is 0 Å². The van der Waals surface area contributed by atoms with Gasteiger partial charge in [-0.15, -0.1) is 11.3 Å². The van der Waals surface area contributed by atoms with Crippen molar-refractivity contribution >= 4 is 23.0 Å². The van der Waals surface area contributed by atoms with E-state index in [2.05, 4.69) is 28.3 Å². The zero-order valence-corrected chi connectivity index (χ0v) is 15.0. The number of amides is 1. The number of fused-ring (bicyclic) bond motifs is 1. The van der Waals surface area contributed by atoms with Crippen LogP contribution in [0.2, 0.25) is 0 Å². The normalized spacial score (nSPS) is 21.0. The highest BCUT2D eigenvalue weighted by molar-refractivity contribution is 7.10. The van der Waals surface area contributed by atoms with Crippen LogP contribution in [0.4, 0.5) is 0 Å². The fourth-order valence-electron chi connectivity index (χ4n) is 3.59. The predicted octanol–water partition coefficient (Wildman–Crippen LogP) is 2.40. The molecule has 7 heteroatoms. The summed E-state index contributed by atoms with van der Waals surface area (Å²) >= 11 is 1.69. The van der Waals surface area contributed by atoms with Gasteiger partial charge in [0, 0.05) is 36.3 Å². The molecule has 1 aliphatic heterocycles. The Bertz CT molecular complexity index is 932. The first-order chi connectivity index (χ1) is 12.1. The molecule has 25 heavy (non-hydrogen) atoms. The summed E-state index contributed by atoms with van der Waals surface area (Å²) in [6.45, 7) is 4.86. The maximum atomic E-state index is 13.0. The smallest absolute Gasteiger partial charge is 0.272 e. The van der Waals surface area contributed by atoms with Gasteiger partial charge in [-0.1, -0.05) is 0 Å². The van der Waals surface area contributed by atoms with Crippen LogP contribution in [0.1, 0.15) is 39.0 Å². The number of likely N-dealkylation sites (tertiary alicyclic amines) is 1. The van der Waals surface area contributed by atoms with E-state index in [0.717, 1.165) is 6.42 Å². The molecule has 4 heterocycles. The van der Waals surface area contributed by atoms with Crippen molar-refractivity contribution in [2.75, 3.05) is 13.1 Å².